The fraction of sp³-hybridized carbons (Fsp3) is 0.520. The van der Waals surface area contributed by atoms with E-state index in [1.807, 2.05) is 47.4 Å². The topological polar surface area (TPSA) is 109 Å². The normalized spacial score (nSPS) is 16.3. The number of fused-ring (bicyclic) bond motifs is 1. The lowest BCUT2D eigenvalue weighted by Gasteiger charge is -2.17. The summed E-state index contributed by atoms with van der Waals surface area (Å²) in [4.78, 5) is 28.7. The number of hydrogen-bond donors (Lipinski definition) is 0. The lowest BCUT2D eigenvalue weighted by Crippen LogP contribution is -2.32. The van der Waals surface area contributed by atoms with Crippen molar-refractivity contribution in [1.29, 1.82) is 0 Å². The van der Waals surface area contributed by atoms with Crippen molar-refractivity contribution in [2.24, 2.45) is 14.1 Å². The first kappa shape index (κ1) is 24.0. The van der Waals surface area contributed by atoms with Gasteiger partial charge >= 0.3 is 0 Å². The summed E-state index contributed by atoms with van der Waals surface area (Å²) in [5.74, 6) is 1.15. The van der Waals surface area contributed by atoms with E-state index in [1.54, 1.807) is 4.68 Å². The Morgan fingerprint density at radius 3 is 2.67 bits per heavy atom. The molecule has 0 saturated carbocycles. The molecule has 11 heteroatoms. The third kappa shape index (κ3) is 4.02. The van der Waals surface area contributed by atoms with E-state index in [-0.39, 0.29) is 17.4 Å². The van der Waals surface area contributed by atoms with Crippen LogP contribution in [0.5, 0.6) is 5.88 Å². The van der Waals surface area contributed by atoms with Gasteiger partial charge in [-0.2, -0.15) is 15.2 Å². The quantitative estimate of drug-likeness (QED) is 0.422. The number of hydrogen-bond acceptors (Lipinski definition) is 7. The van der Waals surface area contributed by atoms with Gasteiger partial charge in [0.1, 0.15) is 23.9 Å². The highest BCUT2D eigenvalue weighted by atomic mass is 16.5. The second kappa shape index (κ2) is 8.72. The molecule has 4 aromatic heterocycles. The van der Waals surface area contributed by atoms with Gasteiger partial charge in [-0.05, 0) is 19.9 Å². The number of carbonyl (C=O) groups excluding carboxylic acids is 1. The standard InChI is InChI=1S/C25H33N9O2/c1-8-34-15(2)17(12-28-34)21-29-20-22(31(21)6)26-14-27-23(20)36-16-9-10-33(13-16)24(35)18-11-19(25(3,4)5)30-32(18)7/h11-12,14,16H,8-10,13H2,1-7H3. The number of ether oxygens (including phenoxy) is 1. The molecule has 1 saturated heterocycles. The van der Waals surface area contributed by atoms with Crippen molar-refractivity contribution in [3.63, 3.8) is 0 Å². The molecule has 0 bridgehead atoms. The summed E-state index contributed by atoms with van der Waals surface area (Å²) < 4.78 is 11.8. The van der Waals surface area contributed by atoms with Crippen LogP contribution in [0.15, 0.2) is 18.6 Å². The summed E-state index contributed by atoms with van der Waals surface area (Å²) >= 11 is 0. The Morgan fingerprint density at radius 1 is 1.22 bits per heavy atom. The van der Waals surface area contributed by atoms with Crippen molar-refractivity contribution in [3.8, 4) is 17.3 Å². The fourth-order valence-electron chi connectivity index (χ4n) is 4.65. The van der Waals surface area contributed by atoms with Crippen LogP contribution in [0, 0.1) is 6.92 Å². The van der Waals surface area contributed by atoms with Crippen molar-refractivity contribution in [2.75, 3.05) is 13.1 Å². The summed E-state index contributed by atoms with van der Waals surface area (Å²) in [6, 6.07) is 1.89. The van der Waals surface area contributed by atoms with Gasteiger partial charge in [-0.1, -0.05) is 20.8 Å². The SMILES string of the molecule is CCn1ncc(-c2nc3c(OC4CCN(C(=O)c5cc(C(C)(C)C)nn5C)C4)ncnc3n2C)c1C. The monoisotopic (exact) mass is 491 g/mol. The van der Waals surface area contributed by atoms with Crippen molar-refractivity contribution >= 4 is 17.1 Å². The smallest absolute Gasteiger partial charge is 0.272 e. The molecule has 0 spiro atoms. The molecule has 1 amide bonds. The number of carbonyl (C=O) groups is 1. The lowest BCUT2D eigenvalue weighted by molar-refractivity contribution is 0.0760. The molecular weight excluding hydrogens is 458 g/mol. The molecule has 1 atom stereocenters. The Hall–Kier alpha value is -3.76. The van der Waals surface area contributed by atoms with Crippen molar-refractivity contribution < 1.29 is 9.53 Å². The Labute approximate surface area is 210 Å². The fourth-order valence-corrected chi connectivity index (χ4v) is 4.65. The van der Waals surface area contributed by atoms with Crippen LogP contribution in [-0.2, 0) is 26.1 Å². The second-order valence-electron chi connectivity index (χ2n) is 10.4. The number of amides is 1. The summed E-state index contributed by atoms with van der Waals surface area (Å²) in [6.45, 7) is 12.2. The highest BCUT2D eigenvalue weighted by Gasteiger charge is 2.32. The van der Waals surface area contributed by atoms with Crippen LogP contribution in [0.2, 0.25) is 0 Å². The molecule has 11 nitrogen and oxygen atoms in total. The van der Waals surface area contributed by atoms with Gasteiger partial charge in [0, 0.05) is 44.7 Å². The summed E-state index contributed by atoms with van der Waals surface area (Å²) in [5, 5.41) is 9.00. The van der Waals surface area contributed by atoms with Crippen molar-refractivity contribution in [1.82, 2.24) is 44.0 Å². The third-order valence-electron chi connectivity index (χ3n) is 6.84. The maximum atomic E-state index is 13.2. The average molecular weight is 492 g/mol. The maximum absolute atomic E-state index is 13.2. The minimum absolute atomic E-state index is 0.0389. The lowest BCUT2D eigenvalue weighted by atomic mass is 9.92. The van der Waals surface area contributed by atoms with Crippen LogP contribution in [0.25, 0.3) is 22.6 Å². The van der Waals surface area contributed by atoms with Gasteiger partial charge in [-0.25, -0.2) is 9.97 Å². The molecule has 4 aromatic rings. The van der Waals surface area contributed by atoms with Crippen LogP contribution < -0.4 is 4.74 Å². The molecule has 5 rings (SSSR count). The number of imidazole rings is 1. The first-order chi connectivity index (χ1) is 17.1. The van der Waals surface area contributed by atoms with Crippen molar-refractivity contribution in [2.45, 2.75) is 59.1 Å². The van der Waals surface area contributed by atoms with Crippen LogP contribution >= 0.6 is 0 Å². The number of rotatable bonds is 5. The van der Waals surface area contributed by atoms with E-state index in [9.17, 15) is 4.79 Å². The predicted molar refractivity (Wildman–Crippen MR) is 135 cm³/mol. The molecule has 190 valence electrons. The van der Waals surface area contributed by atoms with Crippen molar-refractivity contribution in [3.05, 3.63) is 35.7 Å². The molecule has 1 fully saturated rings. The van der Waals surface area contributed by atoms with E-state index < -0.39 is 0 Å². The summed E-state index contributed by atoms with van der Waals surface area (Å²) in [7, 11) is 3.74. The molecule has 0 aromatic carbocycles. The highest BCUT2D eigenvalue weighted by molar-refractivity contribution is 5.93. The third-order valence-corrected chi connectivity index (χ3v) is 6.84. The molecule has 1 aliphatic heterocycles. The zero-order chi connectivity index (χ0) is 25.8. The van der Waals surface area contributed by atoms with Gasteiger partial charge in [0.25, 0.3) is 5.91 Å². The van der Waals surface area contributed by atoms with Gasteiger partial charge in [-0.3, -0.25) is 14.2 Å². The largest absolute Gasteiger partial charge is 0.471 e. The Kier molecular flexibility index (Phi) is 5.80. The second-order valence-corrected chi connectivity index (χ2v) is 10.4. The van der Waals surface area contributed by atoms with Gasteiger partial charge in [-0.15, -0.1) is 0 Å². The average Bonchev–Trinajstić information content (AvgIpc) is 3.60. The van der Waals surface area contributed by atoms with E-state index in [2.05, 4.69) is 47.9 Å². The van der Waals surface area contributed by atoms with Crippen LogP contribution in [0.3, 0.4) is 0 Å². The predicted octanol–water partition coefficient (Wildman–Crippen LogP) is 2.88. The number of aryl methyl sites for hydroxylation is 3. The Morgan fingerprint density at radius 2 is 2.00 bits per heavy atom. The Bertz CT molecular complexity index is 1440. The van der Waals surface area contributed by atoms with Gasteiger partial charge < -0.3 is 14.2 Å². The van der Waals surface area contributed by atoms with Crippen LogP contribution in [0.4, 0.5) is 0 Å². The van der Waals surface area contributed by atoms with Crippen LogP contribution in [0.1, 0.15) is 56.0 Å². The van der Waals surface area contributed by atoms with Crippen LogP contribution in [-0.4, -0.2) is 69.1 Å². The number of aromatic nitrogens is 8. The van der Waals surface area contributed by atoms with E-state index in [4.69, 9.17) is 9.72 Å². The molecule has 36 heavy (non-hydrogen) atoms. The van der Waals surface area contributed by atoms with Gasteiger partial charge in [0.15, 0.2) is 11.2 Å². The maximum Gasteiger partial charge on any atom is 0.272 e. The van der Waals surface area contributed by atoms with Gasteiger partial charge in [0.2, 0.25) is 5.88 Å². The molecular formula is C25H33N9O2. The Balaban J connectivity index is 1.36. The summed E-state index contributed by atoms with van der Waals surface area (Å²) in [5.41, 5.74) is 4.64. The molecule has 0 N–H and O–H groups in total. The van der Waals surface area contributed by atoms with Gasteiger partial charge in [0.05, 0.1) is 24.0 Å². The molecule has 1 aliphatic rings. The first-order valence-electron chi connectivity index (χ1n) is 12.3. The number of likely N-dealkylation sites (tertiary alicyclic amines) is 1. The first-order valence-corrected chi connectivity index (χ1v) is 12.3. The van der Waals surface area contributed by atoms with E-state index >= 15 is 0 Å². The zero-order valence-corrected chi connectivity index (χ0v) is 22.0. The minimum Gasteiger partial charge on any atom is -0.471 e. The molecule has 1 unspecified atom stereocenters. The van der Waals surface area contributed by atoms with E-state index in [0.717, 1.165) is 29.3 Å². The van der Waals surface area contributed by atoms with E-state index in [0.29, 0.717) is 42.2 Å². The molecule has 0 aliphatic carbocycles. The molecule has 0 radical (unpaired) electrons. The zero-order valence-electron chi connectivity index (χ0n) is 22.0. The summed E-state index contributed by atoms with van der Waals surface area (Å²) in [6.07, 6.45) is 3.85. The minimum atomic E-state index is -0.183. The van der Waals surface area contributed by atoms with E-state index in [1.165, 1.54) is 6.33 Å². The number of nitrogens with zero attached hydrogens (tertiary/aromatic N) is 9. The highest BCUT2D eigenvalue weighted by Crippen LogP contribution is 2.30. The molecule has 5 heterocycles.